The lowest BCUT2D eigenvalue weighted by Crippen LogP contribution is -2.26. The quantitative estimate of drug-likeness (QED) is 0.835. The molecule has 0 radical (unpaired) electrons. The molecule has 5 nitrogen and oxygen atoms in total. The molecule has 21 heavy (non-hydrogen) atoms. The summed E-state index contributed by atoms with van der Waals surface area (Å²) in [5, 5.41) is 8.86. The highest BCUT2D eigenvalue weighted by molar-refractivity contribution is 9.10. The zero-order valence-corrected chi connectivity index (χ0v) is 12.8. The molecule has 0 heterocycles. The van der Waals surface area contributed by atoms with Gasteiger partial charge in [-0.1, -0.05) is 0 Å². The summed E-state index contributed by atoms with van der Waals surface area (Å²) in [5.41, 5.74) is 7.52. The van der Waals surface area contributed by atoms with E-state index in [9.17, 15) is 9.59 Å². The lowest BCUT2D eigenvalue weighted by Gasteiger charge is -2.18. The van der Waals surface area contributed by atoms with Gasteiger partial charge in [-0.05, 0) is 58.4 Å². The predicted molar refractivity (Wildman–Crippen MR) is 84.7 cm³/mol. The summed E-state index contributed by atoms with van der Waals surface area (Å²) >= 11 is 3.28. The Labute approximate surface area is 130 Å². The highest BCUT2D eigenvalue weighted by atomic mass is 79.9. The van der Waals surface area contributed by atoms with Crippen molar-refractivity contribution in [3.05, 3.63) is 58.1 Å². The first kappa shape index (κ1) is 15.1. The van der Waals surface area contributed by atoms with Crippen LogP contribution in [0.5, 0.6) is 0 Å². The summed E-state index contributed by atoms with van der Waals surface area (Å²) in [6.45, 7) is 0. The molecule has 108 valence electrons. The third kappa shape index (κ3) is 3.22. The van der Waals surface area contributed by atoms with Crippen molar-refractivity contribution < 1.29 is 14.7 Å². The molecule has 0 bridgehead atoms. The number of nitrogens with two attached hydrogens (primary N) is 1. The summed E-state index contributed by atoms with van der Waals surface area (Å²) in [7, 11) is 1.63. The Morgan fingerprint density at radius 3 is 2.19 bits per heavy atom. The van der Waals surface area contributed by atoms with Gasteiger partial charge in [0.25, 0.3) is 5.91 Å². The largest absolute Gasteiger partial charge is 0.478 e. The van der Waals surface area contributed by atoms with Crippen LogP contribution in [0.3, 0.4) is 0 Å². The first-order valence-electron chi connectivity index (χ1n) is 6.06. The second-order valence-electron chi connectivity index (χ2n) is 4.45. The second-order valence-corrected chi connectivity index (χ2v) is 5.31. The van der Waals surface area contributed by atoms with Gasteiger partial charge in [-0.3, -0.25) is 4.79 Å². The number of hydrogen-bond acceptors (Lipinski definition) is 3. The van der Waals surface area contributed by atoms with Crippen LogP contribution in [0.4, 0.5) is 11.4 Å². The Hall–Kier alpha value is -2.34. The van der Waals surface area contributed by atoms with Gasteiger partial charge in [0, 0.05) is 28.5 Å². The molecule has 1 amide bonds. The minimum absolute atomic E-state index is 0.176. The molecule has 0 saturated heterocycles. The van der Waals surface area contributed by atoms with Gasteiger partial charge in [0.15, 0.2) is 0 Å². The molecular formula is C15H13BrN2O3. The minimum atomic E-state index is -1.00. The second kappa shape index (κ2) is 5.97. The Bertz CT molecular complexity index is 699. The van der Waals surface area contributed by atoms with Crippen LogP contribution in [-0.4, -0.2) is 24.0 Å². The fourth-order valence-corrected chi connectivity index (χ4v) is 2.18. The molecule has 3 N–H and O–H groups in total. The fourth-order valence-electron chi connectivity index (χ4n) is 1.80. The molecule has 0 atom stereocenters. The zero-order chi connectivity index (χ0) is 15.6. The summed E-state index contributed by atoms with van der Waals surface area (Å²) in [5.74, 6) is -1.21. The molecule has 0 aliphatic carbocycles. The third-order valence-electron chi connectivity index (χ3n) is 3.05. The number of aromatic carboxylic acids is 1. The summed E-state index contributed by atoms with van der Waals surface area (Å²) < 4.78 is 0.656. The van der Waals surface area contributed by atoms with Gasteiger partial charge in [-0.15, -0.1) is 0 Å². The molecule has 0 saturated carbocycles. The van der Waals surface area contributed by atoms with Gasteiger partial charge >= 0.3 is 5.97 Å². The third-order valence-corrected chi connectivity index (χ3v) is 3.74. The van der Waals surface area contributed by atoms with Crippen LogP contribution in [0, 0.1) is 0 Å². The smallest absolute Gasteiger partial charge is 0.335 e. The van der Waals surface area contributed by atoms with Crippen LogP contribution >= 0.6 is 15.9 Å². The summed E-state index contributed by atoms with van der Waals surface area (Å²) in [6, 6.07) is 11.0. The van der Waals surface area contributed by atoms with E-state index in [0.29, 0.717) is 21.4 Å². The first-order chi connectivity index (χ1) is 9.90. The number of carbonyl (C=O) groups excluding carboxylic acids is 1. The van der Waals surface area contributed by atoms with Crippen molar-refractivity contribution in [1.29, 1.82) is 0 Å². The molecule has 6 heteroatoms. The van der Waals surface area contributed by atoms with E-state index >= 15 is 0 Å². The Morgan fingerprint density at radius 2 is 1.67 bits per heavy atom. The van der Waals surface area contributed by atoms with Crippen molar-refractivity contribution in [2.45, 2.75) is 0 Å². The van der Waals surface area contributed by atoms with E-state index in [1.54, 1.807) is 37.4 Å². The van der Waals surface area contributed by atoms with E-state index in [1.807, 2.05) is 0 Å². The van der Waals surface area contributed by atoms with Gasteiger partial charge in [0.2, 0.25) is 0 Å². The summed E-state index contributed by atoms with van der Waals surface area (Å²) in [6.07, 6.45) is 0. The highest BCUT2D eigenvalue weighted by Crippen LogP contribution is 2.23. The number of halogens is 1. The van der Waals surface area contributed by atoms with Crippen LogP contribution < -0.4 is 10.6 Å². The van der Waals surface area contributed by atoms with Gasteiger partial charge in [0.05, 0.1) is 5.56 Å². The number of anilines is 2. The number of nitrogen functional groups attached to an aromatic ring is 1. The molecule has 0 spiro atoms. The lowest BCUT2D eigenvalue weighted by molar-refractivity contribution is 0.0696. The van der Waals surface area contributed by atoms with Gasteiger partial charge in [-0.25, -0.2) is 4.79 Å². The number of nitrogens with zero attached hydrogens (tertiary/aromatic N) is 1. The standard InChI is InChI=1S/C15H13BrN2O3/c1-18(11-5-2-9(3-6-11)15(20)21)14(19)10-4-7-13(17)12(16)8-10/h2-8H,17H2,1H3,(H,20,21). The molecule has 0 fully saturated rings. The van der Waals surface area contributed by atoms with E-state index in [2.05, 4.69) is 15.9 Å². The van der Waals surface area contributed by atoms with E-state index in [1.165, 1.54) is 17.0 Å². The first-order valence-corrected chi connectivity index (χ1v) is 6.86. The van der Waals surface area contributed by atoms with Crippen molar-refractivity contribution in [3.63, 3.8) is 0 Å². The number of benzene rings is 2. The van der Waals surface area contributed by atoms with Gasteiger partial charge in [-0.2, -0.15) is 0 Å². The maximum Gasteiger partial charge on any atom is 0.335 e. The minimum Gasteiger partial charge on any atom is -0.478 e. The van der Waals surface area contributed by atoms with Crippen molar-refractivity contribution in [3.8, 4) is 0 Å². The Morgan fingerprint density at radius 1 is 1.10 bits per heavy atom. The Balaban J connectivity index is 2.25. The number of rotatable bonds is 3. The average molecular weight is 349 g/mol. The van der Waals surface area contributed by atoms with Crippen LogP contribution in [0.15, 0.2) is 46.9 Å². The van der Waals surface area contributed by atoms with Crippen molar-refractivity contribution in [2.75, 3.05) is 17.7 Å². The molecule has 0 aliphatic rings. The molecule has 2 rings (SSSR count). The van der Waals surface area contributed by atoms with Crippen LogP contribution in [0.1, 0.15) is 20.7 Å². The summed E-state index contributed by atoms with van der Waals surface area (Å²) in [4.78, 5) is 24.6. The van der Waals surface area contributed by atoms with Crippen molar-refractivity contribution in [2.24, 2.45) is 0 Å². The van der Waals surface area contributed by atoms with Gasteiger partial charge in [0.1, 0.15) is 0 Å². The lowest BCUT2D eigenvalue weighted by atomic mass is 10.1. The normalized spacial score (nSPS) is 10.2. The topological polar surface area (TPSA) is 83.6 Å². The molecule has 0 aromatic heterocycles. The van der Waals surface area contributed by atoms with Crippen LogP contribution in [-0.2, 0) is 0 Å². The van der Waals surface area contributed by atoms with Gasteiger partial charge < -0.3 is 15.7 Å². The molecule has 2 aromatic carbocycles. The molecule has 0 aliphatic heterocycles. The van der Waals surface area contributed by atoms with E-state index in [0.717, 1.165) is 0 Å². The predicted octanol–water partition coefficient (Wildman–Crippen LogP) is 3.01. The van der Waals surface area contributed by atoms with E-state index in [-0.39, 0.29) is 11.5 Å². The number of carboxylic acid groups (broad SMARTS) is 1. The SMILES string of the molecule is CN(C(=O)c1ccc(N)c(Br)c1)c1ccc(C(=O)O)cc1. The maximum atomic E-state index is 12.4. The highest BCUT2D eigenvalue weighted by Gasteiger charge is 2.15. The maximum absolute atomic E-state index is 12.4. The number of amides is 1. The molecule has 2 aromatic rings. The molecular weight excluding hydrogens is 336 g/mol. The number of carboxylic acids is 1. The Kier molecular flexibility index (Phi) is 4.28. The number of carbonyl (C=O) groups is 2. The van der Waals surface area contributed by atoms with Crippen molar-refractivity contribution in [1.82, 2.24) is 0 Å². The van der Waals surface area contributed by atoms with Crippen molar-refractivity contribution >= 4 is 39.2 Å². The fraction of sp³-hybridized carbons (Fsp3) is 0.0667. The number of hydrogen-bond donors (Lipinski definition) is 2. The molecule has 0 unspecified atom stereocenters. The van der Waals surface area contributed by atoms with Crippen LogP contribution in [0.25, 0.3) is 0 Å². The monoisotopic (exact) mass is 348 g/mol. The zero-order valence-electron chi connectivity index (χ0n) is 11.2. The van der Waals surface area contributed by atoms with E-state index < -0.39 is 5.97 Å². The average Bonchev–Trinajstić information content (AvgIpc) is 2.48. The van der Waals surface area contributed by atoms with E-state index in [4.69, 9.17) is 10.8 Å². The van der Waals surface area contributed by atoms with Crippen LogP contribution in [0.2, 0.25) is 0 Å².